The Balaban J connectivity index is 2.41. The lowest BCUT2D eigenvalue weighted by atomic mass is 10.0. The lowest BCUT2D eigenvalue weighted by Gasteiger charge is -2.21. The summed E-state index contributed by atoms with van der Waals surface area (Å²) in [5, 5.41) is 4.82. The van der Waals surface area contributed by atoms with E-state index >= 15 is 0 Å². The van der Waals surface area contributed by atoms with Crippen molar-refractivity contribution in [1.29, 1.82) is 0 Å². The zero-order valence-electron chi connectivity index (χ0n) is 8.92. The van der Waals surface area contributed by atoms with Crippen LogP contribution in [0.2, 0.25) is 5.02 Å². The van der Waals surface area contributed by atoms with Gasteiger partial charge in [0.05, 0.1) is 6.04 Å². The van der Waals surface area contributed by atoms with E-state index in [1.807, 2.05) is 31.2 Å². The zero-order valence-corrected chi connectivity index (χ0v) is 9.67. The maximum Gasteiger partial charge on any atom is 0.137 e. The fourth-order valence-electron chi connectivity index (χ4n) is 1.75. The highest BCUT2D eigenvalue weighted by Crippen LogP contribution is 2.22. The number of hydrogen-bond acceptors (Lipinski definition) is 3. The van der Waals surface area contributed by atoms with Crippen molar-refractivity contribution in [2.75, 3.05) is 0 Å². The van der Waals surface area contributed by atoms with Gasteiger partial charge >= 0.3 is 0 Å². The van der Waals surface area contributed by atoms with Crippen LogP contribution in [-0.4, -0.2) is 20.8 Å². The van der Waals surface area contributed by atoms with Gasteiger partial charge in [-0.2, -0.15) is 5.10 Å². The van der Waals surface area contributed by atoms with E-state index in [1.165, 1.54) is 6.33 Å². The Morgan fingerprint density at radius 1 is 1.44 bits per heavy atom. The Kier molecular flexibility index (Phi) is 3.22. The number of hydrogen-bond donors (Lipinski definition) is 1. The fourth-order valence-corrected chi connectivity index (χ4v) is 1.95. The van der Waals surface area contributed by atoms with Crippen LogP contribution in [0.4, 0.5) is 0 Å². The standard InChI is InChI=1S/C11H13ClN4/c1-8(13)11(16-7-14-6-15-16)9-3-2-4-10(12)5-9/h2-8,11H,13H2,1H3. The average molecular weight is 237 g/mol. The van der Waals surface area contributed by atoms with Crippen molar-refractivity contribution < 1.29 is 0 Å². The first kappa shape index (κ1) is 11.1. The molecule has 0 fully saturated rings. The van der Waals surface area contributed by atoms with E-state index < -0.39 is 0 Å². The van der Waals surface area contributed by atoms with E-state index in [0.717, 1.165) is 5.56 Å². The molecule has 0 aliphatic carbocycles. The molecule has 1 aromatic heterocycles. The molecule has 2 N–H and O–H groups in total. The SMILES string of the molecule is CC(N)C(c1cccc(Cl)c1)n1cncn1. The molecule has 4 nitrogen and oxygen atoms in total. The van der Waals surface area contributed by atoms with Crippen LogP contribution in [-0.2, 0) is 0 Å². The summed E-state index contributed by atoms with van der Waals surface area (Å²) in [5.41, 5.74) is 7.01. The first-order valence-electron chi connectivity index (χ1n) is 5.03. The van der Waals surface area contributed by atoms with E-state index in [9.17, 15) is 0 Å². The van der Waals surface area contributed by atoms with Gasteiger partial charge in [-0.1, -0.05) is 23.7 Å². The van der Waals surface area contributed by atoms with Gasteiger partial charge in [-0.25, -0.2) is 9.67 Å². The second kappa shape index (κ2) is 4.63. The molecule has 0 amide bonds. The van der Waals surface area contributed by atoms with E-state index in [2.05, 4.69) is 10.1 Å². The molecule has 16 heavy (non-hydrogen) atoms. The topological polar surface area (TPSA) is 56.7 Å². The Morgan fingerprint density at radius 2 is 2.25 bits per heavy atom. The van der Waals surface area contributed by atoms with Crippen molar-refractivity contribution in [3.8, 4) is 0 Å². The molecular weight excluding hydrogens is 224 g/mol. The predicted octanol–water partition coefficient (Wildman–Crippen LogP) is 1.87. The van der Waals surface area contributed by atoms with Crippen LogP contribution in [0.25, 0.3) is 0 Å². The van der Waals surface area contributed by atoms with Gasteiger partial charge in [-0.05, 0) is 24.6 Å². The minimum Gasteiger partial charge on any atom is -0.326 e. The Morgan fingerprint density at radius 3 is 2.81 bits per heavy atom. The molecule has 0 bridgehead atoms. The minimum absolute atomic E-state index is 0.0406. The highest BCUT2D eigenvalue weighted by molar-refractivity contribution is 6.30. The Bertz CT molecular complexity index is 453. The van der Waals surface area contributed by atoms with Crippen LogP contribution < -0.4 is 5.73 Å². The van der Waals surface area contributed by atoms with Crippen LogP contribution in [0, 0.1) is 0 Å². The summed E-state index contributed by atoms with van der Waals surface area (Å²) in [4.78, 5) is 3.94. The highest BCUT2D eigenvalue weighted by atomic mass is 35.5. The van der Waals surface area contributed by atoms with Crippen LogP contribution >= 0.6 is 11.6 Å². The molecule has 1 heterocycles. The van der Waals surface area contributed by atoms with Crippen molar-refractivity contribution in [1.82, 2.24) is 14.8 Å². The third kappa shape index (κ3) is 2.23. The summed E-state index contributed by atoms with van der Waals surface area (Å²) in [5.74, 6) is 0. The second-order valence-corrected chi connectivity index (χ2v) is 4.17. The van der Waals surface area contributed by atoms with Gasteiger partial charge in [0.25, 0.3) is 0 Å². The van der Waals surface area contributed by atoms with Crippen molar-refractivity contribution in [2.45, 2.75) is 19.0 Å². The summed E-state index contributed by atoms with van der Waals surface area (Å²) in [6, 6.07) is 7.52. The van der Waals surface area contributed by atoms with E-state index in [-0.39, 0.29) is 12.1 Å². The number of rotatable bonds is 3. The van der Waals surface area contributed by atoms with Gasteiger partial charge in [0, 0.05) is 11.1 Å². The van der Waals surface area contributed by atoms with E-state index in [0.29, 0.717) is 5.02 Å². The molecule has 2 rings (SSSR count). The van der Waals surface area contributed by atoms with Gasteiger partial charge in [0.2, 0.25) is 0 Å². The maximum atomic E-state index is 5.98. The first-order chi connectivity index (χ1) is 7.68. The molecule has 2 unspecified atom stereocenters. The molecule has 0 saturated carbocycles. The smallest absolute Gasteiger partial charge is 0.137 e. The maximum absolute atomic E-state index is 5.98. The number of halogens is 1. The molecule has 0 aliphatic rings. The first-order valence-corrected chi connectivity index (χ1v) is 5.41. The third-order valence-corrected chi connectivity index (χ3v) is 2.64. The lowest BCUT2D eigenvalue weighted by molar-refractivity contribution is 0.453. The third-order valence-electron chi connectivity index (χ3n) is 2.41. The molecule has 0 radical (unpaired) electrons. The molecule has 2 aromatic rings. The van der Waals surface area contributed by atoms with Crippen LogP contribution in [0.1, 0.15) is 18.5 Å². The summed E-state index contributed by atoms with van der Waals surface area (Å²) < 4.78 is 1.75. The summed E-state index contributed by atoms with van der Waals surface area (Å²) in [6.45, 7) is 1.94. The predicted molar refractivity (Wildman–Crippen MR) is 63.3 cm³/mol. The van der Waals surface area contributed by atoms with E-state index in [1.54, 1.807) is 11.0 Å². The normalized spacial score (nSPS) is 14.7. The molecule has 2 atom stereocenters. The summed E-state index contributed by atoms with van der Waals surface area (Å²) in [7, 11) is 0. The summed E-state index contributed by atoms with van der Waals surface area (Å²) >= 11 is 5.97. The fraction of sp³-hybridized carbons (Fsp3) is 0.273. The molecule has 0 saturated heterocycles. The van der Waals surface area contributed by atoms with Crippen LogP contribution in [0.5, 0.6) is 0 Å². The number of nitrogens with two attached hydrogens (primary N) is 1. The van der Waals surface area contributed by atoms with Crippen LogP contribution in [0.3, 0.4) is 0 Å². The largest absolute Gasteiger partial charge is 0.326 e. The summed E-state index contributed by atoms with van der Waals surface area (Å²) in [6.07, 6.45) is 3.16. The van der Waals surface area contributed by atoms with Gasteiger partial charge in [0.15, 0.2) is 0 Å². The highest BCUT2D eigenvalue weighted by Gasteiger charge is 2.18. The number of nitrogens with zero attached hydrogens (tertiary/aromatic N) is 3. The molecule has 84 valence electrons. The molecule has 1 aromatic carbocycles. The molecule has 5 heteroatoms. The minimum atomic E-state index is -0.0693. The van der Waals surface area contributed by atoms with Crippen molar-refractivity contribution in [3.05, 3.63) is 47.5 Å². The van der Waals surface area contributed by atoms with Gasteiger partial charge in [0.1, 0.15) is 12.7 Å². The quantitative estimate of drug-likeness (QED) is 0.885. The molecule has 0 spiro atoms. The molecular formula is C11H13ClN4. The monoisotopic (exact) mass is 236 g/mol. The average Bonchev–Trinajstić information content (AvgIpc) is 2.71. The van der Waals surface area contributed by atoms with Crippen molar-refractivity contribution in [2.24, 2.45) is 5.73 Å². The van der Waals surface area contributed by atoms with Crippen molar-refractivity contribution >= 4 is 11.6 Å². The Labute approximate surface area is 99.1 Å². The zero-order chi connectivity index (χ0) is 11.5. The van der Waals surface area contributed by atoms with E-state index in [4.69, 9.17) is 17.3 Å². The molecule has 0 aliphatic heterocycles. The Hall–Kier alpha value is -1.39. The van der Waals surface area contributed by atoms with Gasteiger partial charge in [-0.15, -0.1) is 0 Å². The van der Waals surface area contributed by atoms with Gasteiger partial charge in [-0.3, -0.25) is 0 Å². The number of aromatic nitrogens is 3. The lowest BCUT2D eigenvalue weighted by Crippen LogP contribution is -2.30. The van der Waals surface area contributed by atoms with Crippen LogP contribution in [0.15, 0.2) is 36.9 Å². The van der Waals surface area contributed by atoms with Crippen molar-refractivity contribution in [3.63, 3.8) is 0 Å². The van der Waals surface area contributed by atoms with Gasteiger partial charge < -0.3 is 5.73 Å². The number of benzene rings is 1. The second-order valence-electron chi connectivity index (χ2n) is 3.73.